The lowest BCUT2D eigenvalue weighted by atomic mass is 9.68. The van der Waals surface area contributed by atoms with Crippen molar-refractivity contribution in [1.29, 1.82) is 0 Å². The number of nitrogens with zero attached hydrogens (tertiary/aromatic N) is 2. The van der Waals surface area contributed by atoms with Gasteiger partial charge in [-0.25, -0.2) is 0 Å². The smallest absolute Gasteiger partial charge is 0.0713 e. The van der Waals surface area contributed by atoms with Crippen LogP contribution in [0.5, 0.6) is 0 Å². The summed E-state index contributed by atoms with van der Waals surface area (Å²) in [5.41, 5.74) is 18.9. The molecular weight excluding hydrogens is 761 g/mol. The second-order valence-corrected chi connectivity index (χ2v) is 16.5. The van der Waals surface area contributed by atoms with Gasteiger partial charge in [0.05, 0.1) is 16.4 Å². The number of anilines is 3. The van der Waals surface area contributed by atoms with Crippen molar-refractivity contribution >= 4 is 38.9 Å². The molecule has 0 saturated heterocycles. The fourth-order valence-electron chi connectivity index (χ4n) is 10.3. The van der Waals surface area contributed by atoms with E-state index in [1.54, 1.807) is 0 Å². The van der Waals surface area contributed by atoms with Crippen molar-refractivity contribution in [2.24, 2.45) is 0 Å². The van der Waals surface area contributed by atoms with Crippen LogP contribution in [0.3, 0.4) is 0 Å². The molecule has 2 heteroatoms. The van der Waals surface area contributed by atoms with Gasteiger partial charge in [0, 0.05) is 33.5 Å². The van der Waals surface area contributed by atoms with Crippen molar-refractivity contribution in [3.63, 3.8) is 0 Å². The minimum atomic E-state index is -0.438. The summed E-state index contributed by atoms with van der Waals surface area (Å²) < 4.78 is 2.39. The fraction of sp³-hybridized carbons (Fsp3) is 0.0164. The molecule has 0 bridgehead atoms. The average molecular weight is 803 g/mol. The normalized spacial score (nSPS) is 12.6. The molecule has 2 nitrogen and oxygen atoms in total. The van der Waals surface area contributed by atoms with Gasteiger partial charge in [-0.3, -0.25) is 0 Å². The second kappa shape index (κ2) is 15.1. The van der Waals surface area contributed by atoms with Crippen molar-refractivity contribution in [1.82, 2.24) is 4.57 Å². The van der Waals surface area contributed by atoms with Gasteiger partial charge in [-0.2, -0.15) is 0 Å². The van der Waals surface area contributed by atoms with E-state index < -0.39 is 5.41 Å². The number of rotatable bonds is 8. The summed E-state index contributed by atoms with van der Waals surface area (Å²) in [5.74, 6) is 0. The maximum absolute atomic E-state index is 2.40. The van der Waals surface area contributed by atoms with Crippen LogP contribution in [-0.2, 0) is 5.41 Å². The Labute approximate surface area is 368 Å². The third-order valence-electron chi connectivity index (χ3n) is 13.1. The molecule has 1 aromatic heterocycles. The lowest BCUT2D eigenvalue weighted by molar-refractivity contribution is 0.768. The zero-order valence-corrected chi connectivity index (χ0v) is 34.6. The molecule has 63 heavy (non-hydrogen) atoms. The van der Waals surface area contributed by atoms with E-state index in [4.69, 9.17) is 0 Å². The number of fused-ring (bicyclic) bond motifs is 6. The van der Waals surface area contributed by atoms with E-state index in [0.29, 0.717) is 0 Å². The summed E-state index contributed by atoms with van der Waals surface area (Å²) in [6, 6.07) is 93.1. The maximum atomic E-state index is 2.40. The Kier molecular flexibility index (Phi) is 8.76. The molecule has 1 aliphatic carbocycles. The van der Waals surface area contributed by atoms with Crippen LogP contribution < -0.4 is 4.90 Å². The monoisotopic (exact) mass is 802 g/mol. The first-order valence-electron chi connectivity index (χ1n) is 21.8. The van der Waals surface area contributed by atoms with E-state index in [1.165, 1.54) is 77.4 Å². The Morgan fingerprint density at radius 3 is 1.56 bits per heavy atom. The Morgan fingerprint density at radius 2 is 0.825 bits per heavy atom. The number of hydrogen-bond acceptors (Lipinski definition) is 1. The van der Waals surface area contributed by atoms with Gasteiger partial charge in [0.1, 0.15) is 0 Å². The van der Waals surface area contributed by atoms with Crippen LogP contribution >= 0.6 is 0 Å². The van der Waals surface area contributed by atoms with Crippen molar-refractivity contribution in [2.75, 3.05) is 4.90 Å². The van der Waals surface area contributed by atoms with E-state index in [2.05, 4.69) is 264 Å². The zero-order chi connectivity index (χ0) is 41.7. The Balaban J connectivity index is 0.938. The molecule has 0 radical (unpaired) electrons. The Morgan fingerprint density at radius 1 is 0.302 bits per heavy atom. The van der Waals surface area contributed by atoms with Crippen molar-refractivity contribution in [3.8, 4) is 39.1 Å². The van der Waals surface area contributed by atoms with Crippen LogP contribution in [0.2, 0.25) is 0 Å². The third-order valence-corrected chi connectivity index (χ3v) is 13.1. The van der Waals surface area contributed by atoms with Gasteiger partial charge in [0.25, 0.3) is 0 Å². The molecule has 0 aliphatic heterocycles. The molecule has 1 heterocycles. The highest BCUT2D eigenvalue weighted by Crippen LogP contribution is 2.57. The minimum absolute atomic E-state index is 0.438. The topological polar surface area (TPSA) is 8.17 Å². The van der Waals surface area contributed by atoms with Gasteiger partial charge in [0.2, 0.25) is 0 Å². The molecule has 1 aliphatic rings. The van der Waals surface area contributed by atoms with E-state index >= 15 is 0 Å². The highest BCUT2D eigenvalue weighted by molar-refractivity contribution is 6.10. The van der Waals surface area contributed by atoms with Gasteiger partial charge in [0.15, 0.2) is 0 Å². The van der Waals surface area contributed by atoms with Crippen molar-refractivity contribution in [3.05, 3.63) is 277 Å². The molecule has 0 fully saturated rings. The molecule has 0 N–H and O–H groups in total. The molecule has 12 rings (SSSR count). The average Bonchev–Trinajstić information content (AvgIpc) is 3.86. The predicted octanol–water partition coefficient (Wildman–Crippen LogP) is 16.0. The molecule has 0 amide bonds. The molecule has 11 aromatic rings. The summed E-state index contributed by atoms with van der Waals surface area (Å²) in [6.45, 7) is 0. The lowest BCUT2D eigenvalue weighted by Crippen LogP contribution is -2.28. The summed E-state index contributed by atoms with van der Waals surface area (Å²) in [5, 5.41) is 2.52. The molecule has 296 valence electrons. The Bertz CT molecular complexity index is 3380. The predicted molar refractivity (Wildman–Crippen MR) is 264 cm³/mol. The molecule has 0 saturated carbocycles. The number of aromatic nitrogens is 1. The third kappa shape index (κ3) is 5.95. The quantitative estimate of drug-likeness (QED) is 0.149. The minimum Gasteiger partial charge on any atom is -0.310 e. The summed E-state index contributed by atoms with van der Waals surface area (Å²) in [6.07, 6.45) is 0. The molecule has 0 atom stereocenters. The van der Waals surface area contributed by atoms with E-state index in [0.717, 1.165) is 22.7 Å². The van der Waals surface area contributed by atoms with Crippen LogP contribution in [-0.4, -0.2) is 4.57 Å². The van der Waals surface area contributed by atoms with Gasteiger partial charge in [-0.15, -0.1) is 0 Å². The van der Waals surface area contributed by atoms with Crippen LogP contribution in [0.1, 0.15) is 22.3 Å². The molecule has 0 spiro atoms. The highest BCUT2D eigenvalue weighted by atomic mass is 15.1. The number of hydrogen-bond donors (Lipinski definition) is 0. The van der Waals surface area contributed by atoms with Gasteiger partial charge >= 0.3 is 0 Å². The first-order valence-corrected chi connectivity index (χ1v) is 21.8. The van der Waals surface area contributed by atoms with Crippen LogP contribution in [0, 0.1) is 0 Å². The van der Waals surface area contributed by atoms with E-state index in [-0.39, 0.29) is 0 Å². The fourth-order valence-corrected chi connectivity index (χ4v) is 10.3. The first-order chi connectivity index (χ1) is 31.3. The van der Waals surface area contributed by atoms with Crippen LogP contribution in [0.25, 0.3) is 60.9 Å². The second-order valence-electron chi connectivity index (χ2n) is 16.5. The molecular formula is C61H42N2. The molecule has 0 unspecified atom stereocenters. The Hall–Kier alpha value is -8.20. The summed E-state index contributed by atoms with van der Waals surface area (Å²) in [4.78, 5) is 2.38. The molecule has 10 aromatic carbocycles. The van der Waals surface area contributed by atoms with Gasteiger partial charge in [-0.1, -0.05) is 188 Å². The number of benzene rings is 10. The zero-order valence-electron chi connectivity index (χ0n) is 34.6. The highest BCUT2D eigenvalue weighted by Gasteiger charge is 2.46. The van der Waals surface area contributed by atoms with Gasteiger partial charge in [-0.05, 0) is 122 Å². The largest absolute Gasteiger partial charge is 0.310 e. The van der Waals surface area contributed by atoms with Crippen molar-refractivity contribution < 1.29 is 0 Å². The van der Waals surface area contributed by atoms with Crippen LogP contribution in [0.15, 0.2) is 255 Å². The van der Waals surface area contributed by atoms with E-state index in [1.807, 2.05) is 0 Å². The summed E-state index contributed by atoms with van der Waals surface area (Å²) >= 11 is 0. The van der Waals surface area contributed by atoms with E-state index in [9.17, 15) is 0 Å². The standard InChI is InChI=1S/C61H42N2/c1-5-20-47(21-6-1)61(48-22-7-2-8-23-48)57-30-15-13-28-53(57)56-42-52(37-39-58(56)61)62(49-24-9-3-10-25-49)51-35-32-43(33-36-51)44-18-17-19-45(40-44)46-34-38-55-54-29-14-16-31-59(54)63(60(55)41-46)50-26-11-4-12-27-50/h1-42H. The SMILES string of the molecule is c1ccc(N(c2ccc(-c3cccc(-c4ccc5c6ccccc6n(-c6ccccc6)c5c4)c3)cc2)c2ccc3c(c2)-c2ccccc2C3(c2ccccc2)c2ccccc2)cc1. The van der Waals surface area contributed by atoms with Crippen molar-refractivity contribution in [2.45, 2.75) is 5.41 Å². The lowest BCUT2D eigenvalue weighted by Gasteiger charge is -2.34. The van der Waals surface area contributed by atoms with Gasteiger partial charge < -0.3 is 9.47 Å². The maximum Gasteiger partial charge on any atom is 0.0713 e. The van der Waals surface area contributed by atoms with Crippen LogP contribution in [0.4, 0.5) is 17.1 Å². The summed E-state index contributed by atoms with van der Waals surface area (Å²) in [7, 11) is 0. The first kappa shape index (κ1) is 36.6. The number of para-hydroxylation sites is 3.